The molecule has 1 saturated heterocycles. The van der Waals surface area contributed by atoms with Gasteiger partial charge in [0.05, 0.1) is 38.1 Å². The van der Waals surface area contributed by atoms with E-state index in [2.05, 4.69) is 21.3 Å². The average molecular weight is 990 g/mol. The minimum atomic E-state index is -1.68. The number of rotatable bonds is 19. The molecular formula is C49H67N9O13. The first kappa shape index (κ1) is 57.8. The third-order valence-electron chi connectivity index (χ3n) is 12.3. The molecule has 1 fully saturated rings. The number of primary amides is 3. The number of phenols is 1. The van der Waals surface area contributed by atoms with E-state index < -0.39 is 170 Å². The number of aromatic hydroxyl groups is 1. The van der Waals surface area contributed by atoms with E-state index in [0.717, 1.165) is 4.90 Å². The van der Waals surface area contributed by atoms with Crippen LogP contribution in [0, 0.1) is 29.6 Å². The van der Waals surface area contributed by atoms with Gasteiger partial charge in [-0.25, -0.2) is 0 Å². The zero-order chi connectivity index (χ0) is 52.9. The molecule has 386 valence electrons. The van der Waals surface area contributed by atoms with Crippen molar-refractivity contribution in [1.82, 2.24) is 26.2 Å². The van der Waals surface area contributed by atoms with Gasteiger partial charge < -0.3 is 54.2 Å². The Morgan fingerprint density at radius 2 is 1.44 bits per heavy atom. The average Bonchev–Trinajstić information content (AvgIpc) is 3.31. The Balaban J connectivity index is 2.01. The highest BCUT2D eigenvalue weighted by atomic mass is 16.3. The summed E-state index contributed by atoms with van der Waals surface area (Å²) in [5.41, 5.74) is 23.6. The predicted molar refractivity (Wildman–Crippen MR) is 256 cm³/mol. The van der Waals surface area contributed by atoms with Crippen LogP contribution in [0.25, 0.3) is 0 Å². The Hall–Kier alpha value is -7.52. The molecular weight excluding hydrogens is 923 g/mol. The lowest BCUT2D eigenvalue weighted by atomic mass is 9.86. The van der Waals surface area contributed by atoms with Crippen LogP contribution in [0.1, 0.15) is 89.2 Å². The fraction of sp³-hybridized carbons (Fsp3) is 0.510. The van der Waals surface area contributed by atoms with Crippen molar-refractivity contribution in [2.45, 2.75) is 103 Å². The Labute approximate surface area is 411 Å². The molecule has 0 radical (unpaired) electrons. The lowest BCUT2D eigenvalue weighted by Gasteiger charge is -2.28. The van der Waals surface area contributed by atoms with Crippen molar-refractivity contribution in [3.05, 3.63) is 59.7 Å². The topological polar surface area (TPSA) is 381 Å². The number of amides is 8. The number of hydrogen-bond donors (Lipinski definition) is 9. The Bertz CT molecular complexity index is 2290. The van der Waals surface area contributed by atoms with Gasteiger partial charge in [0.15, 0.2) is 23.1 Å². The number of nitrogens with zero attached hydrogens (tertiary/aromatic N) is 1. The molecule has 0 unspecified atom stereocenters. The fourth-order valence-corrected chi connectivity index (χ4v) is 8.11. The van der Waals surface area contributed by atoms with Gasteiger partial charge in [-0.3, -0.25) is 57.5 Å². The number of Topliss-reactive ketones (excluding diaryl/α,β-unsaturated/α-hetero) is 4. The number of nitrogens with one attached hydrogen (secondary N) is 4. The number of carbonyl (C=O) groups excluding carboxylic acids is 12. The first-order valence-corrected chi connectivity index (χ1v) is 23.4. The molecule has 1 heterocycles. The van der Waals surface area contributed by atoms with Crippen molar-refractivity contribution in [3.63, 3.8) is 0 Å². The molecule has 2 aromatic carbocycles. The minimum absolute atomic E-state index is 0.0162. The molecule has 0 spiro atoms. The number of carbonyl (C=O) groups is 12. The van der Waals surface area contributed by atoms with Gasteiger partial charge in [-0.1, -0.05) is 44.5 Å². The van der Waals surface area contributed by atoms with E-state index >= 15 is 0 Å². The summed E-state index contributed by atoms with van der Waals surface area (Å²) in [6.07, 6.45) is -3.90. The molecule has 0 bridgehead atoms. The van der Waals surface area contributed by atoms with E-state index in [0.29, 0.717) is 23.2 Å². The molecule has 8 amide bonds. The maximum absolute atomic E-state index is 14.2. The van der Waals surface area contributed by atoms with Crippen molar-refractivity contribution in [2.75, 3.05) is 32.4 Å². The number of nitrogen functional groups attached to an aromatic ring is 1. The number of anilines is 1. The normalized spacial score (nSPS) is 20.8. The molecule has 3 rings (SSSR count). The van der Waals surface area contributed by atoms with Crippen LogP contribution in [0.15, 0.2) is 48.5 Å². The van der Waals surface area contributed by atoms with E-state index in [4.69, 9.17) is 22.9 Å². The van der Waals surface area contributed by atoms with Gasteiger partial charge in [0.2, 0.25) is 47.3 Å². The van der Waals surface area contributed by atoms with Crippen molar-refractivity contribution < 1.29 is 62.6 Å². The van der Waals surface area contributed by atoms with Crippen LogP contribution in [0.4, 0.5) is 5.69 Å². The van der Waals surface area contributed by atoms with E-state index in [1.165, 1.54) is 19.2 Å². The Morgan fingerprint density at radius 3 is 2.04 bits per heavy atom. The summed E-state index contributed by atoms with van der Waals surface area (Å²) in [7, 11) is 1.25. The van der Waals surface area contributed by atoms with Crippen LogP contribution >= 0.6 is 0 Å². The zero-order valence-electron chi connectivity index (χ0n) is 40.4. The standard InChI is InChI=1S/C49H67N9O13/c1-4-27(2)45-40(63)21-30(9-15-41(51)64)47(69)56-38(23-42(52)65)39(62)22-31(10-16-44(67)54-24-36(60)19-33(48(70)57-45)18-29-7-13-35(59)14-8-29)49(71)58(3)26-37(61)20-32(46(68)55-25-43(53)66)17-28-5-11-34(50)12-6-28/h5-8,11-14,27,30-33,38,45,59H,4,9-10,15-26,50H2,1-3H3,(H2,51,64)(H2,52,65)(H2,53,66)(H,54,67)(H,55,68)(H,56,69)(H,57,70)/t27-,30+,31+,32+,33+,38-,45-/m0/s1. The molecule has 1 aliphatic rings. The van der Waals surface area contributed by atoms with E-state index in [-0.39, 0.29) is 37.9 Å². The summed E-state index contributed by atoms with van der Waals surface area (Å²) >= 11 is 0. The van der Waals surface area contributed by atoms with Crippen LogP contribution < -0.4 is 44.2 Å². The molecule has 2 aromatic rings. The van der Waals surface area contributed by atoms with Crippen LogP contribution in [0.5, 0.6) is 5.75 Å². The summed E-state index contributed by atoms with van der Waals surface area (Å²) in [6.45, 7) is 1.83. The lowest BCUT2D eigenvalue weighted by Crippen LogP contribution is -2.50. The highest BCUT2D eigenvalue weighted by Crippen LogP contribution is 2.24. The zero-order valence-corrected chi connectivity index (χ0v) is 40.4. The van der Waals surface area contributed by atoms with Crippen LogP contribution in [-0.2, 0) is 70.4 Å². The van der Waals surface area contributed by atoms with E-state index in [9.17, 15) is 62.6 Å². The number of hydrogen-bond acceptors (Lipinski definition) is 14. The summed E-state index contributed by atoms with van der Waals surface area (Å²) < 4.78 is 0. The number of benzene rings is 2. The molecule has 13 N–H and O–H groups in total. The van der Waals surface area contributed by atoms with Crippen LogP contribution in [0.3, 0.4) is 0 Å². The van der Waals surface area contributed by atoms with Gasteiger partial charge in [0.1, 0.15) is 5.75 Å². The third kappa shape index (κ3) is 20.2. The maximum Gasteiger partial charge on any atom is 0.236 e. The summed E-state index contributed by atoms with van der Waals surface area (Å²) in [6, 6.07) is 9.54. The Kier molecular flexibility index (Phi) is 23.0. The fourth-order valence-electron chi connectivity index (χ4n) is 8.11. The third-order valence-corrected chi connectivity index (χ3v) is 12.3. The summed E-state index contributed by atoms with van der Waals surface area (Å²) in [5.74, 6) is -14.6. The maximum atomic E-state index is 14.2. The van der Waals surface area contributed by atoms with Crippen molar-refractivity contribution in [2.24, 2.45) is 46.8 Å². The monoisotopic (exact) mass is 989 g/mol. The smallest absolute Gasteiger partial charge is 0.236 e. The highest BCUT2D eigenvalue weighted by molar-refractivity contribution is 5.99. The van der Waals surface area contributed by atoms with Crippen molar-refractivity contribution in [1.29, 1.82) is 0 Å². The van der Waals surface area contributed by atoms with Gasteiger partial charge in [0.25, 0.3) is 0 Å². The summed E-state index contributed by atoms with van der Waals surface area (Å²) in [4.78, 5) is 161. The van der Waals surface area contributed by atoms with Gasteiger partial charge in [-0.2, -0.15) is 0 Å². The highest BCUT2D eigenvalue weighted by Gasteiger charge is 2.36. The first-order chi connectivity index (χ1) is 33.4. The molecule has 22 heteroatoms. The van der Waals surface area contributed by atoms with Crippen molar-refractivity contribution in [3.8, 4) is 5.75 Å². The number of phenolic OH excluding ortho intramolecular Hbond substituents is 1. The molecule has 22 nitrogen and oxygen atoms in total. The molecule has 71 heavy (non-hydrogen) atoms. The van der Waals surface area contributed by atoms with Gasteiger partial charge in [-0.15, -0.1) is 0 Å². The minimum Gasteiger partial charge on any atom is -0.508 e. The quantitative estimate of drug-likeness (QED) is 0.0778. The molecule has 0 saturated carbocycles. The second kappa shape index (κ2) is 28.2. The van der Waals surface area contributed by atoms with E-state index in [1.54, 1.807) is 50.2 Å². The molecule has 7 atom stereocenters. The molecule has 0 aliphatic carbocycles. The number of likely N-dealkylation sites (N-methyl/N-ethyl adjacent to an activating group) is 1. The SMILES string of the molecule is CC[C@H](C)[C@@H]1NC(=O)[C@H](Cc2ccc(O)cc2)CC(=O)CNC(=O)CC[C@@H](C(=O)N(C)CC(=O)C[C@@H](Cc2ccc(N)cc2)C(=O)NCC(N)=O)CC(=O)[C@H](CC(N)=O)NC(=O)[C@H](CCC(N)=O)CC1=O. The van der Waals surface area contributed by atoms with Gasteiger partial charge in [-0.05, 0) is 67.0 Å². The second-order valence-electron chi connectivity index (χ2n) is 18.2. The summed E-state index contributed by atoms with van der Waals surface area (Å²) in [5, 5.41) is 19.9. The van der Waals surface area contributed by atoms with Gasteiger partial charge in [0, 0.05) is 74.9 Å². The lowest BCUT2D eigenvalue weighted by molar-refractivity contribution is -0.141. The van der Waals surface area contributed by atoms with E-state index in [1.807, 2.05) is 0 Å². The largest absolute Gasteiger partial charge is 0.508 e. The second-order valence-corrected chi connectivity index (χ2v) is 18.2. The molecule has 0 aromatic heterocycles. The van der Waals surface area contributed by atoms with Crippen LogP contribution in [-0.4, -0.2) is 119 Å². The number of ketones is 4. The van der Waals surface area contributed by atoms with Crippen LogP contribution in [0.2, 0.25) is 0 Å². The van der Waals surface area contributed by atoms with Crippen molar-refractivity contribution >= 4 is 76.1 Å². The first-order valence-electron chi connectivity index (χ1n) is 23.4. The number of nitrogens with two attached hydrogens (primary N) is 4. The Morgan fingerprint density at radius 1 is 0.803 bits per heavy atom. The van der Waals surface area contributed by atoms with Gasteiger partial charge >= 0.3 is 0 Å². The molecule has 1 aliphatic heterocycles. The predicted octanol–water partition coefficient (Wildman–Crippen LogP) is -0.812.